The molecule has 12 heteroatoms. The fraction of sp³-hybridized carbons (Fsp3) is 0.0769. The second-order valence-corrected chi connectivity index (χ2v) is 6.17. The molecular formula is C13H8F5NO5S. The topological polar surface area (TPSA) is 95.9 Å². The van der Waals surface area contributed by atoms with Gasteiger partial charge in [0.25, 0.3) is 10.0 Å². The molecule has 0 aromatic heterocycles. The number of benzene rings is 2. The molecule has 0 saturated heterocycles. The molecular weight excluding hydrogens is 377 g/mol. The maximum atomic E-state index is 13.6. The van der Waals surface area contributed by atoms with Crippen LogP contribution in [-0.2, 0) is 10.0 Å². The summed E-state index contributed by atoms with van der Waals surface area (Å²) in [5, 5.41) is 18.8. The first-order chi connectivity index (χ1) is 11.5. The first-order valence-electron chi connectivity index (χ1n) is 6.15. The van der Waals surface area contributed by atoms with Gasteiger partial charge in [0, 0.05) is 12.1 Å². The van der Waals surface area contributed by atoms with E-state index in [1.54, 1.807) is 0 Å². The first-order valence-corrected chi connectivity index (χ1v) is 7.63. The van der Waals surface area contributed by atoms with Crippen molar-refractivity contribution in [2.75, 3.05) is 11.8 Å². The van der Waals surface area contributed by atoms with Crippen LogP contribution in [0.5, 0.6) is 17.2 Å². The molecule has 136 valence electrons. The van der Waals surface area contributed by atoms with E-state index in [1.807, 2.05) is 0 Å². The van der Waals surface area contributed by atoms with Crippen molar-refractivity contribution < 1.29 is 45.3 Å². The highest BCUT2D eigenvalue weighted by Crippen LogP contribution is 2.39. The fourth-order valence-electron chi connectivity index (χ4n) is 1.83. The molecule has 25 heavy (non-hydrogen) atoms. The van der Waals surface area contributed by atoms with Gasteiger partial charge in [0.15, 0.2) is 39.7 Å². The van der Waals surface area contributed by atoms with Crippen molar-refractivity contribution in [3.05, 3.63) is 41.2 Å². The van der Waals surface area contributed by atoms with Gasteiger partial charge in [-0.1, -0.05) is 0 Å². The number of anilines is 1. The Morgan fingerprint density at radius 2 is 1.40 bits per heavy atom. The average Bonchev–Trinajstić information content (AvgIpc) is 2.53. The first kappa shape index (κ1) is 18.6. The van der Waals surface area contributed by atoms with E-state index in [9.17, 15) is 40.6 Å². The van der Waals surface area contributed by atoms with Crippen molar-refractivity contribution >= 4 is 15.7 Å². The highest BCUT2D eigenvalue weighted by Gasteiger charge is 2.33. The van der Waals surface area contributed by atoms with Crippen molar-refractivity contribution in [2.24, 2.45) is 0 Å². The predicted octanol–water partition coefficient (Wildman–Crippen LogP) is 2.60. The zero-order chi connectivity index (χ0) is 19.1. The number of phenolic OH excluding ortho intramolecular Hbond substituents is 2. The van der Waals surface area contributed by atoms with E-state index in [2.05, 4.69) is 4.74 Å². The maximum absolute atomic E-state index is 13.6. The summed E-state index contributed by atoms with van der Waals surface area (Å²) in [5.41, 5.74) is -0.573. The molecule has 0 aliphatic heterocycles. The van der Waals surface area contributed by atoms with Gasteiger partial charge in [-0.15, -0.1) is 0 Å². The summed E-state index contributed by atoms with van der Waals surface area (Å²) in [6, 6.07) is 1.43. The van der Waals surface area contributed by atoms with Crippen LogP contribution in [0, 0.1) is 29.1 Å². The molecule has 2 aromatic carbocycles. The molecule has 2 rings (SSSR count). The average molecular weight is 385 g/mol. The molecule has 0 bridgehead atoms. The van der Waals surface area contributed by atoms with Crippen molar-refractivity contribution in [3.63, 3.8) is 0 Å². The Hall–Kier alpha value is -2.76. The highest BCUT2D eigenvalue weighted by molar-refractivity contribution is 7.92. The lowest BCUT2D eigenvalue weighted by atomic mass is 10.2. The van der Waals surface area contributed by atoms with Crippen LogP contribution in [0.25, 0.3) is 0 Å². The number of phenols is 2. The summed E-state index contributed by atoms with van der Waals surface area (Å²) in [5.74, 6) is -14.6. The lowest BCUT2D eigenvalue weighted by Gasteiger charge is -2.13. The van der Waals surface area contributed by atoms with Crippen LogP contribution in [0.3, 0.4) is 0 Å². The minimum absolute atomic E-state index is 0.421. The molecule has 0 amide bonds. The lowest BCUT2D eigenvalue weighted by Crippen LogP contribution is -2.19. The summed E-state index contributed by atoms with van der Waals surface area (Å²) in [6.45, 7) is 0. The zero-order valence-corrected chi connectivity index (χ0v) is 12.9. The SMILES string of the molecule is COc1cc(NS(=O)(=O)c2c(F)c(F)c(F)c(F)c2F)cc(O)c1O. The third-order valence-corrected chi connectivity index (χ3v) is 4.37. The molecule has 0 radical (unpaired) electrons. The normalized spacial score (nSPS) is 11.4. The van der Waals surface area contributed by atoms with E-state index in [1.165, 1.54) is 4.72 Å². The second kappa shape index (κ2) is 6.27. The van der Waals surface area contributed by atoms with Crippen molar-refractivity contribution in [2.45, 2.75) is 4.90 Å². The minimum atomic E-state index is -5.29. The highest BCUT2D eigenvalue weighted by atomic mass is 32.2. The number of hydrogen-bond acceptors (Lipinski definition) is 5. The summed E-state index contributed by atoms with van der Waals surface area (Å²) in [4.78, 5) is -2.10. The predicted molar refractivity (Wildman–Crippen MR) is 73.4 cm³/mol. The molecule has 2 aromatic rings. The van der Waals surface area contributed by atoms with Gasteiger partial charge in [0.1, 0.15) is 0 Å². The summed E-state index contributed by atoms with van der Waals surface area (Å²) in [7, 11) is -4.23. The lowest BCUT2D eigenvalue weighted by molar-refractivity contribution is 0.351. The molecule has 0 aliphatic rings. The smallest absolute Gasteiger partial charge is 0.267 e. The van der Waals surface area contributed by atoms with E-state index in [0.717, 1.165) is 13.2 Å². The number of hydrogen-bond donors (Lipinski definition) is 3. The van der Waals surface area contributed by atoms with Gasteiger partial charge in [-0.05, 0) is 0 Å². The molecule has 0 atom stereocenters. The molecule has 6 nitrogen and oxygen atoms in total. The summed E-state index contributed by atoms with van der Waals surface area (Å²) in [6.07, 6.45) is 0. The summed E-state index contributed by atoms with van der Waals surface area (Å²) < 4.78 is 96.8. The second-order valence-electron chi connectivity index (χ2n) is 4.55. The van der Waals surface area contributed by atoms with Crippen LogP contribution in [0.15, 0.2) is 17.0 Å². The monoisotopic (exact) mass is 385 g/mol. The molecule has 0 saturated carbocycles. The van der Waals surface area contributed by atoms with Crippen molar-refractivity contribution in [1.82, 2.24) is 0 Å². The fourth-order valence-corrected chi connectivity index (χ4v) is 3.02. The van der Waals surface area contributed by atoms with E-state index in [0.29, 0.717) is 6.07 Å². The summed E-state index contributed by atoms with van der Waals surface area (Å²) >= 11 is 0. The van der Waals surface area contributed by atoms with E-state index < -0.39 is 66.9 Å². The van der Waals surface area contributed by atoms with Crippen LogP contribution in [0.1, 0.15) is 0 Å². The van der Waals surface area contributed by atoms with Gasteiger partial charge in [-0.2, -0.15) is 0 Å². The number of halogens is 5. The third kappa shape index (κ3) is 3.12. The van der Waals surface area contributed by atoms with Gasteiger partial charge in [-0.25, -0.2) is 30.4 Å². The Morgan fingerprint density at radius 1 is 0.920 bits per heavy atom. The molecule has 0 heterocycles. The van der Waals surface area contributed by atoms with Crippen molar-refractivity contribution in [1.29, 1.82) is 0 Å². The van der Waals surface area contributed by atoms with Crippen LogP contribution in [0.2, 0.25) is 0 Å². The Bertz CT molecular complexity index is 935. The molecule has 0 unspecified atom stereocenters. The largest absolute Gasteiger partial charge is 0.504 e. The van der Waals surface area contributed by atoms with Gasteiger partial charge >= 0.3 is 0 Å². The third-order valence-electron chi connectivity index (χ3n) is 2.97. The van der Waals surface area contributed by atoms with Crippen LogP contribution in [-0.4, -0.2) is 25.7 Å². The molecule has 0 aliphatic carbocycles. The van der Waals surface area contributed by atoms with Crippen LogP contribution < -0.4 is 9.46 Å². The number of nitrogens with one attached hydrogen (secondary N) is 1. The Morgan fingerprint density at radius 3 is 1.88 bits per heavy atom. The maximum Gasteiger partial charge on any atom is 0.267 e. The van der Waals surface area contributed by atoms with E-state index in [4.69, 9.17) is 0 Å². The van der Waals surface area contributed by atoms with Crippen LogP contribution >= 0.6 is 0 Å². The van der Waals surface area contributed by atoms with E-state index >= 15 is 0 Å². The van der Waals surface area contributed by atoms with Gasteiger partial charge < -0.3 is 14.9 Å². The zero-order valence-electron chi connectivity index (χ0n) is 12.1. The van der Waals surface area contributed by atoms with Crippen molar-refractivity contribution in [3.8, 4) is 17.2 Å². The standard InChI is InChI=1S/C13H8F5NO5S/c1-24-6-3-4(2-5(20)12(6)21)19-25(22,23)13-10(17)8(15)7(14)9(16)11(13)18/h2-3,19-21H,1H3. The number of aromatic hydroxyl groups is 2. The Kier molecular flexibility index (Phi) is 4.66. The number of rotatable bonds is 4. The van der Waals surface area contributed by atoms with Crippen LogP contribution in [0.4, 0.5) is 27.6 Å². The Balaban J connectivity index is 2.61. The quantitative estimate of drug-likeness (QED) is 0.247. The minimum Gasteiger partial charge on any atom is -0.504 e. The number of methoxy groups -OCH3 is 1. The number of sulfonamides is 1. The van der Waals surface area contributed by atoms with Gasteiger partial charge in [0.2, 0.25) is 11.6 Å². The van der Waals surface area contributed by atoms with E-state index in [-0.39, 0.29) is 0 Å². The van der Waals surface area contributed by atoms with Gasteiger partial charge in [-0.3, -0.25) is 4.72 Å². The van der Waals surface area contributed by atoms with Gasteiger partial charge in [0.05, 0.1) is 12.8 Å². The molecule has 0 fully saturated rings. The molecule has 0 spiro atoms. The molecule has 3 N–H and O–H groups in total. The Labute approximate surface area is 137 Å². The number of ether oxygens (including phenoxy) is 1.